The molecule has 0 aliphatic rings. The average molecular weight is 413 g/mol. The summed E-state index contributed by atoms with van der Waals surface area (Å²) in [5, 5.41) is 16.9. The summed E-state index contributed by atoms with van der Waals surface area (Å²) >= 11 is 0. The van der Waals surface area contributed by atoms with E-state index in [-0.39, 0.29) is 18.9 Å². The third-order valence-corrected chi connectivity index (χ3v) is 4.67. The van der Waals surface area contributed by atoms with Crippen LogP contribution in [0.25, 0.3) is 0 Å². The third kappa shape index (κ3) is 22.8. The molecular formula is C25H41LiO4. The molecule has 1 rings (SSSR count). The molecule has 166 valence electrons. The fraction of sp³-hybridized carbons (Fsp3) is 0.600. The van der Waals surface area contributed by atoms with E-state index in [0.29, 0.717) is 12.0 Å². The van der Waals surface area contributed by atoms with Gasteiger partial charge < -0.3 is 10.2 Å². The number of aliphatic carboxylic acids is 1. The van der Waals surface area contributed by atoms with Gasteiger partial charge in [-0.1, -0.05) is 88.6 Å². The first-order valence-electron chi connectivity index (χ1n) is 11.2. The number of allylic oxidation sites excluding steroid dienone is 2. The van der Waals surface area contributed by atoms with E-state index in [1.54, 1.807) is 30.3 Å². The Morgan fingerprint density at radius 2 is 1.20 bits per heavy atom. The van der Waals surface area contributed by atoms with Crippen molar-refractivity contribution >= 4 is 30.8 Å². The molecule has 2 N–H and O–H groups in total. The molecule has 0 unspecified atom stereocenters. The van der Waals surface area contributed by atoms with Gasteiger partial charge in [0, 0.05) is 6.42 Å². The van der Waals surface area contributed by atoms with E-state index >= 15 is 0 Å². The first-order chi connectivity index (χ1) is 14.1. The Hall–Kier alpha value is -1.50. The van der Waals surface area contributed by atoms with Crippen LogP contribution < -0.4 is 0 Å². The summed E-state index contributed by atoms with van der Waals surface area (Å²) in [5.74, 6) is -1.54. The zero-order valence-electron chi connectivity index (χ0n) is 18.2. The zero-order chi connectivity index (χ0) is 21.6. The topological polar surface area (TPSA) is 74.6 Å². The molecule has 0 saturated heterocycles. The van der Waals surface area contributed by atoms with E-state index < -0.39 is 11.9 Å². The Labute approximate surface area is 195 Å². The van der Waals surface area contributed by atoms with Gasteiger partial charge in [-0.25, -0.2) is 4.79 Å². The maximum absolute atomic E-state index is 10.3. The van der Waals surface area contributed by atoms with Crippen LogP contribution in [0.5, 0.6) is 0 Å². The molecule has 5 heteroatoms. The quantitative estimate of drug-likeness (QED) is 0.177. The summed E-state index contributed by atoms with van der Waals surface area (Å²) in [6.07, 6.45) is 21.2. The fourth-order valence-electron chi connectivity index (χ4n) is 2.93. The molecule has 0 atom stereocenters. The molecule has 0 aromatic heterocycles. The fourth-order valence-corrected chi connectivity index (χ4v) is 2.93. The van der Waals surface area contributed by atoms with Gasteiger partial charge in [0.25, 0.3) is 0 Å². The third-order valence-electron chi connectivity index (χ3n) is 4.67. The van der Waals surface area contributed by atoms with Gasteiger partial charge in [0.15, 0.2) is 0 Å². The summed E-state index contributed by atoms with van der Waals surface area (Å²) in [6.45, 7) is 2.26. The number of benzene rings is 1. The number of hydrogen-bond acceptors (Lipinski definition) is 2. The molecule has 1 aromatic rings. The number of carbonyl (C=O) groups is 2. The van der Waals surface area contributed by atoms with Crippen molar-refractivity contribution < 1.29 is 19.8 Å². The second kappa shape index (κ2) is 23.8. The van der Waals surface area contributed by atoms with Crippen molar-refractivity contribution in [3.05, 3.63) is 48.0 Å². The average Bonchev–Trinajstić information content (AvgIpc) is 2.72. The summed E-state index contributed by atoms with van der Waals surface area (Å²) < 4.78 is 0. The van der Waals surface area contributed by atoms with Crippen molar-refractivity contribution in [3.63, 3.8) is 0 Å². The Morgan fingerprint density at radius 1 is 0.733 bits per heavy atom. The number of carboxylic acid groups (broad SMARTS) is 2. The van der Waals surface area contributed by atoms with Gasteiger partial charge in [0.1, 0.15) is 0 Å². The van der Waals surface area contributed by atoms with Gasteiger partial charge in [-0.15, -0.1) is 0 Å². The van der Waals surface area contributed by atoms with E-state index in [0.717, 1.165) is 12.8 Å². The number of unbranched alkanes of at least 4 members (excludes halogenated alkanes) is 11. The van der Waals surface area contributed by atoms with Crippen LogP contribution in [0.2, 0.25) is 0 Å². The number of rotatable bonds is 16. The van der Waals surface area contributed by atoms with Crippen LogP contribution in [0.15, 0.2) is 42.5 Å². The predicted octanol–water partition coefficient (Wildman–Crippen LogP) is 6.84. The predicted molar refractivity (Wildman–Crippen MR) is 128 cm³/mol. The summed E-state index contributed by atoms with van der Waals surface area (Å²) in [5.41, 5.74) is 0.331. The SMILES string of the molecule is CCCCCCCCC=CCCCCCCCC(=O)O.O=C(O)c1ccccc1.[LiH]. The number of carboxylic acids is 2. The molecule has 0 aliphatic heterocycles. The van der Waals surface area contributed by atoms with Crippen molar-refractivity contribution in [1.82, 2.24) is 0 Å². The maximum atomic E-state index is 10.3. The van der Waals surface area contributed by atoms with Gasteiger partial charge in [0.2, 0.25) is 0 Å². The minimum atomic E-state index is -0.879. The van der Waals surface area contributed by atoms with Crippen LogP contribution in [0.4, 0.5) is 0 Å². The summed E-state index contributed by atoms with van der Waals surface area (Å²) in [6, 6.07) is 8.30. The van der Waals surface area contributed by atoms with Crippen LogP contribution in [0, 0.1) is 0 Å². The number of hydrogen-bond donors (Lipinski definition) is 2. The Balaban J connectivity index is 0. The molecule has 4 nitrogen and oxygen atoms in total. The van der Waals surface area contributed by atoms with Crippen LogP contribution in [-0.2, 0) is 4.79 Å². The van der Waals surface area contributed by atoms with Gasteiger partial charge in [-0.3, -0.25) is 4.79 Å². The van der Waals surface area contributed by atoms with Gasteiger partial charge in [0.05, 0.1) is 5.56 Å². The van der Waals surface area contributed by atoms with Crippen molar-refractivity contribution in [2.24, 2.45) is 0 Å². The van der Waals surface area contributed by atoms with Crippen molar-refractivity contribution in [2.75, 3.05) is 0 Å². The van der Waals surface area contributed by atoms with Gasteiger partial charge >= 0.3 is 30.8 Å². The molecule has 0 radical (unpaired) electrons. The molecular weight excluding hydrogens is 371 g/mol. The standard InChI is InChI=1S/C18H34O2.C7H6O2.Li.H/c1-2-3-4-5-6-7-8-9-10-11-12-13-14-15-16-17-18(19)20;8-7(9)6-4-2-1-3-5-6;;/h9-10H,2-8,11-17H2,1H3,(H,19,20);1-5H,(H,8,9);;. The van der Waals surface area contributed by atoms with Crippen molar-refractivity contribution in [1.29, 1.82) is 0 Å². The van der Waals surface area contributed by atoms with Gasteiger partial charge in [-0.2, -0.15) is 0 Å². The van der Waals surface area contributed by atoms with E-state index in [2.05, 4.69) is 19.1 Å². The van der Waals surface area contributed by atoms with Crippen LogP contribution in [0.3, 0.4) is 0 Å². The van der Waals surface area contributed by atoms with E-state index in [1.807, 2.05) is 0 Å². The molecule has 0 amide bonds. The Morgan fingerprint density at radius 3 is 1.63 bits per heavy atom. The Kier molecular flexibility index (Phi) is 24.3. The molecule has 0 saturated carbocycles. The summed E-state index contributed by atoms with van der Waals surface area (Å²) in [4.78, 5) is 20.5. The van der Waals surface area contributed by atoms with Gasteiger partial charge in [-0.05, 0) is 44.2 Å². The molecule has 30 heavy (non-hydrogen) atoms. The monoisotopic (exact) mass is 412 g/mol. The minimum absolute atomic E-state index is 0. The van der Waals surface area contributed by atoms with Crippen LogP contribution in [-0.4, -0.2) is 41.0 Å². The molecule has 0 bridgehead atoms. The number of aromatic carboxylic acids is 1. The Bertz CT molecular complexity index is 543. The van der Waals surface area contributed by atoms with Crippen LogP contribution >= 0.6 is 0 Å². The van der Waals surface area contributed by atoms with E-state index in [9.17, 15) is 9.59 Å². The second-order valence-corrected chi connectivity index (χ2v) is 7.40. The second-order valence-electron chi connectivity index (χ2n) is 7.40. The van der Waals surface area contributed by atoms with Crippen LogP contribution in [0.1, 0.15) is 107 Å². The molecule has 1 aromatic carbocycles. The van der Waals surface area contributed by atoms with Crippen molar-refractivity contribution in [3.8, 4) is 0 Å². The molecule has 0 fully saturated rings. The summed E-state index contributed by atoms with van der Waals surface area (Å²) in [7, 11) is 0. The van der Waals surface area contributed by atoms with Crippen molar-refractivity contribution in [2.45, 2.75) is 96.8 Å². The molecule has 0 heterocycles. The van der Waals surface area contributed by atoms with E-state index in [4.69, 9.17) is 10.2 Å². The normalized spacial score (nSPS) is 10.2. The zero-order valence-corrected chi connectivity index (χ0v) is 18.2. The first kappa shape index (κ1) is 30.7. The molecule has 0 spiro atoms. The van der Waals surface area contributed by atoms with E-state index in [1.165, 1.54) is 70.6 Å². The first-order valence-corrected chi connectivity index (χ1v) is 11.2. The molecule has 0 aliphatic carbocycles.